The van der Waals surface area contributed by atoms with Crippen LogP contribution in [-0.4, -0.2) is 44.4 Å². The molecular formula is C22H29Cl2N5O4. The van der Waals surface area contributed by atoms with Crippen molar-refractivity contribution in [1.29, 1.82) is 0 Å². The molecule has 2 aromatic carbocycles. The first-order chi connectivity index (χ1) is 15.2. The highest BCUT2D eigenvalue weighted by Gasteiger charge is 2.14. The Labute approximate surface area is 205 Å². The van der Waals surface area contributed by atoms with Crippen LogP contribution in [0, 0.1) is 0 Å². The minimum absolute atomic E-state index is 0. The Hall–Kier alpha value is -3.14. The van der Waals surface area contributed by atoms with E-state index in [0.717, 1.165) is 17.9 Å². The molecule has 9 nitrogen and oxygen atoms in total. The van der Waals surface area contributed by atoms with Crippen LogP contribution in [0.5, 0.6) is 23.0 Å². The van der Waals surface area contributed by atoms with Gasteiger partial charge in [-0.05, 0) is 43.3 Å². The number of ether oxygens (including phenoxy) is 4. The lowest BCUT2D eigenvalue weighted by molar-refractivity contribution is 0.313. The van der Waals surface area contributed by atoms with Crippen molar-refractivity contribution < 1.29 is 18.9 Å². The molecule has 0 aliphatic carbocycles. The highest BCUT2D eigenvalue weighted by atomic mass is 35.5. The van der Waals surface area contributed by atoms with Crippen molar-refractivity contribution in [3.05, 3.63) is 48.7 Å². The number of benzene rings is 2. The molecule has 180 valence electrons. The van der Waals surface area contributed by atoms with E-state index in [1.807, 2.05) is 24.3 Å². The van der Waals surface area contributed by atoms with Crippen LogP contribution in [0.15, 0.2) is 48.7 Å². The van der Waals surface area contributed by atoms with Gasteiger partial charge in [0, 0.05) is 29.7 Å². The molecule has 0 atom stereocenters. The van der Waals surface area contributed by atoms with Crippen molar-refractivity contribution in [3.8, 4) is 23.0 Å². The molecule has 3 aromatic rings. The third-order valence-electron chi connectivity index (χ3n) is 4.32. The number of nitrogens with one attached hydrogen (secondary N) is 2. The Bertz CT molecular complexity index is 968. The summed E-state index contributed by atoms with van der Waals surface area (Å²) in [6.07, 6.45) is 2.49. The summed E-state index contributed by atoms with van der Waals surface area (Å²) in [5, 5.41) is 6.41. The van der Waals surface area contributed by atoms with Crippen molar-refractivity contribution in [2.45, 2.75) is 6.42 Å². The van der Waals surface area contributed by atoms with Crippen LogP contribution in [-0.2, 0) is 0 Å². The minimum atomic E-state index is 0. The first-order valence-electron chi connectivity index (χ1n) is 9.77. The summed E-state index contributed by atoms with van der Waals surface area (Å²) < 4.78 is 21.7. The van der Waals surface area contributed by atoms with E-state index in [9.17, 15) is 0 Å². The number of halogens is 2. The van der Waals surface area contributed by atoms with E-state index in [1.54, 1.807) is 45.7 Å². The lowest BCUT2D eigenvalue weighted by Gasteiger charge is -2.15. The molecule has 0 saturated heterocycles. The fraction of sp³-hybridized carbons (Fsp3) is 0.273. The number of nitrogens with two attached hydrogens (primary N) is 1. The van der Waals surface area contributed by atoms with Gasteiger partial charge >= 0.3 is 0 Å². The number of anilines is 4. The number of methoxy groups -OCH3 is 3. The molecule has 11 heteroatoms. The van der Waals surface area contributed by atoms with E-state index in [-0.39, 0.29) is 24.8 Å². The second-order valence-electron chi connectivity index (χ2n) is 6.44. The molecule has 0 aliphatic heterocycles. The van der Waals surface area contributed by atoms with Crippen LogP contribution in [0.3, 0.4) is 0 Å². The average Bonchev–Trinajstić information content (AvgIpc) is 2.80. The molecule has 0 unspecified atom stereocenters. The van der Waals surface area contributed by atoms with Gasteiger partial charge in [0.25, 0.3) is 0 Å². The maximum Gasteiger partial charge on any atom is 0.229 e. The van der Waals surface area contributed by atoms with Crippen LogP contribution in [0.1, 0.15) is 6.42 Å². The quantitative estimate of drug-likeness (QED) is 0.328. The summed E-state index contributed by atoms with van der Waals surface area (Å²) in [6, 6.07) is 13.0. The Kier molecular flexibility index (Phi) is 11.9. The van der Waals surface area contributed by atoms with Gasteiger partial charge in [0.05, 0.1) is 27.9 Å². The van der Waals surface area contributed by atoms with E-state index in [4.69, 9.17) is 24.7 Å². The lowest BCUT2D eigenvalue weighted by Crippen LogP contribution is -2.06. The molecule has 0 aliphatic rings. The van der Waals surface area contributed by atoms with Crippen LogP contribution in [0.2, 0.25) is 0 Å². The SMILES string of the molecule is COc1cc(Nc2nccc(Nc3ccc(OCCCN)cc3)n2)cc(OC)c1OC.Cl.Cl. The topological polar surface area (TPSA) is 113 Å². The van der Waals surface area contributed by atoms with E-state index in [0.29, 0.717) is 47.9 Å². The standard InChI is InChI=1S/C22H27N5O4.2ClH/c1-28-18-13-16(14-19(29-2)21(18)30-3)26-22-24-11-9-20(27-22)25-15-5-7-17(8-6-15)31-12-4-10-23;;/h5-9,11,13-14H,4,10,12,23H2,1-3H3,(H2,24,25,26,27);2*1H. The van der Waals surface area contributed by atoms with E-state index in [2.05, 4.69) is 20.6 Å². The zero-order chi connectivity index (χ0) is 22.1. The fourth-order valence-electron chi connectivity index (χ4n) is 2.83. The van der Waals surface area contributed by atoms with E-state index in [1.165, 1.54) is 0 Å². The van der Waals surface area contributed by atoms with Crippen molar-refractivity contribution in [2.24, 2.45) is 5.73 Å². The fourth-order valence-corrected chi connectivity index (χ4v) is 2.83. The number of hydrogen-bond donors (Lipinski definition) is 3. The summed E-state index contributed by atoms with van der Waals surface area (Å²) in [7, 11) is 4.69. The first-order valence-corrected chi connectivity index (χ1v) is 9.77. The summed E-state index contributed by atoms with van der Waals surface area (Å²) in [4.78, 5) is 8.79. The molecule has 0 spiro atoms. The Morgan fingerprint density at radius 1 is 0.848 bits per heavy atom. The Morgan fingerprint density at radius 3 is 2.09 bits per heavy atom. The predicted molar refractivity (Wildman–Crippen MR) is 135 cm³/mol. The third-order valence-corrected chi connectivity index (χ3v) is 4.32. The maximum atomic E-state index is 5.62. The molecule has 1 heterocycles. The summed E-state index contributed by atoms with van der Waals surface area (Å²) >= 11 is 0. The van der Waals surface area contributed by atoms with E-state index < -0.39 is 0 Å². The zero-order valence-corrected chi connectivity index (χ0v) is 20.3. The predicted octanol–water partition coefficient (Wildman–Crippen LogP) is 4.56. The zero-order valence-electron chi connectivity index (χ0n) is 18.7. The molecule has 0 fully saturated rings. The molecule has 33 heavy (non-hydrogen) atoms. The highest BCUT2D eigenvalue weighted by Crippen LogP contribution is 2.40. The summed E-state index contributed by atoms with van der Waals surface area (Å²) in [6.45, 7) is 1.21. The summed E-state index contributed by atoms with van der Waals surface area (Å²) in [5.41, 5.74) is 7.06. The maximum absolute atomic E-state index is 5.62. The first kappa shape index (κ1) is 27.9. The van der Waals surface area contributed by atoms with Gasteiger partial charge in [-0.25, -0.2) is 4.98 Å². The van der Waals surface area contributed by atoms with Crippen molar-refractivity contribution in [3.63, 3.8) is 0 Å². The van der Waals surface area contributed by atoms with Gasteiger partial charge in [-0.15, -0.1) is 24.8 Å². The van der Waals surface area contributed by atoms with Crippen LogP contribution < -0.4 is 35.3 Å². The van der Waals surface area contributed by atoms with Gasteiger partial charge in [-0.3, -0.25) is 0 Å². The van der Waals surface area contributed by atoms with Gasteiger partial charge in [0.2, 0.25) is 11.7 Å². The van der Waals surface area contributed by atoms with Gasteiger partial charge in [-0.1, -0.05) is 0 Å². The average molecular weight is 498 g/mol. The molecule has 1 aromatic heterocycles. The normalized spacial score (nSPS) is 9.70. The smallest absolute Gasteiger partial charge is 0.229 e. The monoisotopic (exact) mass is 497 g/mol. The second-order valence-corrected chi connectivity index (χ2v) is 6.44. The molecule has 0 bridgehead atoms. The minimum Gasteiger partial charge on any atom is -0.494 e. The van der Waals surface area contributed by atoms with E-state index >= 15 is 0 Å². The molecule has 0 amide bonds. The van der Waals surface area contributed by atoms with Crippen molar-refractivity contribution >= 4 is 48.0 Å². The molecular weight excluding hydrogens is 469 g/mol. The largest absolute Gasteiger partial charge is 0.494 e. The van der Waals surface area contributed by atoms with Gasteiger partial charge in [0.1, 0.15) is 11.6 Å². The summed E-state index contributed by atoms with van der Waals surface area (Å²) in [5.74, 6) is 3.44. The van der Waals surface area contributed by atoms with Crippen molar-refractivity contribution in [1.82, 2.24) is 9.97 Å². The Balaban J connectivity index is 0.00000272. The number of hydrogen-bond acceptors (Lipinski definition) is 9. The highest BCUT2D eigenvalue weighted by molar-refractivity contribution is 5.85. The van der Waals surface area contributed by atoms with Gasteiger partial charge in [-0.2, -0.15) is 4.98 Å². The van der Waals surface area contributed by atoms with Crippen LogP contribution in [0.25, 0.3) is 0 Å². The van der Waals surface area contributed by atoms with Gasteiger partial charge < -0.3 is 35.3 Å². The molecule has 0 radical (unpaired) electrons. The number of rotatable bonds is 11. The molecule has 3 rings (SSSR count). The molecule has 0 saturated carbocycles. The van der Waals surface area contributed by atoms with Crippen molar-refractivity contribution in [2.75, 3.05) is 45.1 Å². The van der Waals surface area contributed by atoms with Crippen LogP contribution >= 0.6 is 24.8 Å². The van der Waals surface area contributed by atoms with Gasteiger partial charge in [0.15, 0.2) is 11.5 Å². The third kappa shape index (κ3) is 7.74. The molecule has 4 N–H and O–H groups in total. The Morgan fingerprint density at radius 2 is 1.52 bits per heavy atom. The second kappa shape index (κ2) is 14.1. The number of aromatic nitrogens is 2. The number of nitrogens with zero attached hydrogens (tertiary/aromatic N) is 2. The van der Waals surface area contributed by atoms with Crippen LogP contribution in [0.4, 0.5) is 23.1 Å². The lowest BCUT2D eigenvalue weighted by atomic mass is 10.2.